The van der Waals surface area contributed by atoms with E-state index in [0.717, 1.165) is 11.3 Å². The van der Waals surface area contributed by atoms with Gasteiger partial charge in [-0.15, -0.1) is 0 Å². The van der Waals surface area contributed by atoms with Gasteiger partial charge in [-0.2, -0.15) is 0 Å². The maximum absolute atomic E-state index is 6.01. The van der Waals surface area contributed by atoms with Gasteiger partial charge in [0.2, 0.25) is 0 Å². The highest BCUT2D eigenvalue weighted by molar-refractivity contribution is 7.80. The molecular weight excluding hydrogens is 620 g/mol. The molecule has 0 amide bonds. The highest BCUT2D eigenvalue weighted by atomic mass is 32.1. The summed E-state index contributed by atoms with van der Waals surface area (Å²) >= 11 is 6.01. The Morgan fingerprint density at radius 3 is 1.60 bits per heavy atom. The summed E-state index contributed by atoms with van der Waals surface area (Å²) in [5, 5.41) is 19.0. The van der Waals surface area contributed by atoms with Crippen molar-refractivity contribution in [3.05, 3.63) is 181 Å². The summed E-state index contributed by atoms with van der Waals surface area (Å²) in [6.07, 6.45) is 0. The molecule has 230 valence electrons. The van der Waals surface area contributed by atoms with Gasteiger partial charge < -0.3 is 10.6 Å². The van der Waals surface area contributed by atoms with Crippen LogP contribution in [0.25, 0.3) is 43.4 Å². The van der Waals surface area contributed by atoms with Crippen molar-refractivity contribution in [3.63, 3.8) is 0 Å². The van der Waals surface area contributed by atoms with Crippen LogP contribution in [0.5, 0.6) is 0 Å². The molecule has 0 radical (unpaired) electrons. The van der Waals surface area contributed by atoms with Gasteiger partial charge in [0.1, 0.15) is 0 Å². The lowest BCUT2D eigenvalue weighted by molar-refractivity contribution is 0.935. The van der Waals surface area contributed by atoms with Crippen LogP contribution >= 0.6 is 20.1 Å². The SMILES string of the molecule is S=C(NCc1cccc2ccccc12)Nc1ccc2ccccc2c1-c1c(P(c2ccccc2)c2ccccc2)ccc2ccccc12. The van der Waals surface area contributed by atoms with Gasteiger partial charge in [-0.25, -0.2) is 0 Å². The van der Waals surface area contributed by atoms with Gasteiger partial charge in [-0.3, -0.25) is 0 Å². The van der Waals surface area contributed by atoms with Gasteiger partial charge >= 0.3 is 0 Å². The molecule has 0 saturated heterocycles. The Hall–Kier alpha value is -5.34. The highest BCUT2D eigenvalue weighted by Crippen LogP contribution is 2.44. The fraction of sp³-hybridized carbons (Fsp3) is 0.0227. The fourth-order valence-electron chi connectivity index (χ4n) is 6.72. The number of hydrogen-bond donors (Lipinski definition) is 2. The molecule has 8 aromatic carbocycles. The Bertz CT molecular complexity index is 2360. The van der Waals surface area contributed by atoms with Crippen LogP contribution in [-0.4, -0.2) is 5.11 Å². The Balaban J connectivity index is 1.30. The zero-order chi connectivity index (χ0) is 32.3. The predicted molar refractivity (Wildman–Crippen MR) is 213 cm³/mol. The number of anilines is 1. The van der Waals surface area contributed by atoms with E-state index in [1.54, 1.807) is 0 Å². The fourth-order valence-corrected chi connectivity index (χ4v) is 9.38. The zero-order valence-electron chi connectivity index (χ0n) is 26.3. The maximum atomic E-state index is 6.01. The molecule has 8 aromatic rings. The molecule has 0 fully saturated rings. The van der Waals surface area contributed by atoms with Crippen LogP contribution in [0, 0.1) is 0 Å². The van der Waals surface area contributed by atoms with Crippen molar-refractivity contribution < 1.29 is 0 Å². The first-order valence-electron chi connectivity index (χ1n) is 16.2. The van der Waals surface area contributed by atoms with Crippen molar-refractivity contribution in [3.8, 4) is 11.1 Å². The molecule has 0 heterocycles. The first-order chi connectivity index (χ1) is 23.7. The lowest BCUT2D eigenvalue weighted by atomic mass is 9.92. The third-order valence-electron chi connectivity index (χ3n) is 8.92. The Labute approximate surface area is 287 Å². The number of hydrogen-bond acceptors (Lipinski definition) is 1. The van der Waals surface area contributed by atoms with Crippen LogP contribution in [0.3, 0.4) is 0 Å². The van der Waals surface area contributed by atoms with Gasteiger partial charge in [0, 0.05) is 23.4 Å². The maximum Gasteiger partial charge on any atom is 0.171 e. The third kappa shape index (κ3) is 5.84. The zero-order valence-corrected chi connectivity index (χ0v) is 28.0. The van der Waals surface area contributed by atoms with E-state index < -0.39 is 7.92 Å². The molecule has 0 aliphatic heterocycles. The van der Waals surface area contributed by atoms with E-state index >= 15 is 0 Å². The summed E-state index contributed by atoms with van der Waals surface area (Å²) in [5.74, 6) is 0. The first-order valence-corrected chi connectivity index (χ1v) is 18.0. The average molecular weight is 653 g/mol. The van der Waals surface area contributed by atoms with Crippen LogP contribution in [0.1, 0.15) is 5.56 Å². The number of rotatable bonds is 7. The molecule has 4 heteroatoms. The average Bonchev–Trinajstić information content (AvgIpc) is 3.15. The number of thiocarbonyl (C=S) groups is 1. The van der Waals surface area contributed by atoms with Crippen molar-refractivity contribution in [1.29, 1.82) is 0 Å². The predicted octanol–water partition coefficient (Wildman–Crippen LogP) is 10.1. The van der Waals surface area contributed by atoms with Crippen LogP contribution < -0.4 is 26.5 Å². The topological polar surface area (TPSA) is 24.1 Å². The van der Waals surface area contributed by atoms with Crippen LogP contribution in [0.4, 0.5) is 5.69 Å². The van der Waals surface area contributed by atoms with Gasteiger partial charge in [0.15, 0.2) is 5.11 Å². The smallest absolute Gasteiger partial charge is 0.171 e. The van der Waals surface area contributed by atoms with E-state index in [1.807, 2.05) is 0 Å². The first kappa shape index (κ1) is 30.0. The quantitative estimate of drug-likeness (QED) is 0.132. The molecule has 0 aliphatic carbocycles. The molecule has 0 aliphatic rings. The standard InChI is InChI=1S/C44H33N2PS/c48-44(45-30-34-18-13-17-31-14-7-10-23-37(31)34)46-40-28-26-32-15-8-11-24-38(32)42(40)43-39-25-12-9-16-33(39)27-29-41(43)47(35-19-3-1-4-20-35)36-21-5-2-6-22-36/h1-29H,30H2,(H2,45,46,48). The molecule has 0 bridgehead atoms. The Morgan fingerprint density at radius 2 is 0.958 bits per heavy atom. The second-order valence-corrected chi connectivity index (χ2v) is 14.4. The molecule has 2 nitrogen and oxygen atoms in total. The van der Waals surface area contributed by atoms with Crippen molar-refractivity contribution in [2.45, 2.75) is 6.54 Å². The van der Waals surface area contributed by atoms with E-state index in [2.05, 4.69) is 187 Å². The summed E-state index contributed by atoms with van der Waals surface area (Å²) in [4.78, 5) is 0. The van der Waals surface area contributed by atoms with E-state index in [1.165, 1.54) is 59.4 Å². The summed E-state index contributed by atoms with van der Waals surface area (Å²) in [6.45, 7) is 0.628. The molecule has 0 aromatic heterocycles. The molecule has 8 rings (SSSR count). The van der Waals surface area contributed by atoms with Gasteiger partial charge in [-0.1, -0.05) is 170 Å². The minimum absolute atomic E-state index is 0.592. The number of fused-ring (bicyclic) bond motifs is 3. The summed E-state index contributed by atoms with van der Waals surface area (Å²) < 4.78 is 0. The largest absolute Gasteiger partial charge is 0.358 e. The van der Waals surface area contributed by atoms with Gasteiger partial charge in [-0.05, 0) is 80.0 Å². The summed E-state index contributed by atoms with van der Waals surface area (Å²) in [6, 6.07) is 63.2. The minimum Gasteiger partial charge on any atom is -0.358 e. The monoisotopic (exact) mass is 652 g/mol. The van der Waals surface area contributed by atoms with E-state index in [-0.39, 0.29) is 0 Å². The minimum atomic E-state index is -0.882. The molecule has 48 heavy (non-hydrogen) atoms. The van der Waals surface area contributed by atoms with Gasteiger partial charge in [0.25, 0.3) is 0 Å². The van der Waals surface area contributed by atoms with Crippen molar-refractivity contribution in [1.82, 2.24) is 5.32 Å². The molecule has 0 spiro atoms. The molecule has 2 N–H and O–H groups in total. The summed E-state index contributed by atoms with van der Waals surface area (Å²) in [5.41, 5.74) is 4.60. The van der Waals surface area contributed by atoms with Crippen LogP contribution in [-0.2, 0) is 6.54 Å². The lowest BCUT2D eigenvalue weighted by Gasteiger charge is -2.26. The Kier molecular flexibility index (Phi) is 8.39. The van der Waals surface area contributed by atoms with Gasteiger partial charge in [0.05, 0.1) is 0 Å². The number of benzene rings is 8. The van der Waals surface area contributed by atoms with Crippen LogP contribution in [0.2, 0.25) is 0 Å². The normalized spacial score (nSPS) is 11.3. The van der Waals surface area contributed by atoms with Crippen molar-refractivity contribution >= 4 is 79.2 Å². The Morgan fingerprint density at radius 1 is 0.458 bits per heavy atom. The number of nitrogens with one attached hydrogen (secondary N) is 2. The highest BCUT2D eigenvalue weighted by Gasteiger charge is 2.25. The lowest BCUT2D eigenvalue weighted by Crippen LogP contribution is -2.28. The van der Waals surface area contributed by atoms with E-state index in [4.69, 9.17) is 12.2 Å². The van der Waals surface area contributed by atoms with Crippen molar-refractivity contribution in [2.24, 2.45) is 0 Å². The second-order valence-electron chi connectivity index (χ2n) is 11.8. The molecule has 0 saturated carbocycles. The van der Waals surface area contributed by atoms with E-state index in [9.17, 15) is 0 Å². The molecule has 0 atom stereocenters. The summed E-state index contributed by atoms with van der Waals surface area (Å²) in [7, 11) is -0.882. The van der Waals surface area contributed by atoms with Crippen LogP contribution in [0.15, 0.2) is 176 Å². The van der Waals surface area contributed by atoms with Crippen molar-refractivity contribution in [2.75, 3.05) is 5.32 Å². The second kappa shape index (κ2) is 13.4. The third-order valence-corrected chi connectivity index (χ3v) is 11.7. The molecular formula is C44H33N2PS. The van der Waals surface area contributed by atoms with E-state index in [0.29, 0.717) is 11.7 Å². The molecule has 0 unspecified atom stereocenters.